The third-order valence-corrected chi connectivity index (χ3v) is 9.64. The number of benzene rings is 4. The van der Waals surface area contributed by atoms with Crippen molar-refractivity contribution in [3.05, 3.63) is 119 Å². The normalized spacial score (nSPS) is 18.4. The van der Waals surface area contributed by atoms with Crippen LogP contribution in [0.2, 0.25) is 0 Å². The number of phenols is 1. The number of urea groups is 1. The van der Waals surface area contributed by atoms with Crippen LogP contribution < -0.4 is 10.6 Å². The summed E-state index contributed by atoms with van der Waals surface area (Å²) in [5.74, 6) is 0.173. The number of ether oxygens (including phenoxy) is 3. The van der Waals surface area contributed by atoms with E-state index >= 15 is 0 Å². The Kier molecular flexibility index (Phi) is 12.1. The summed E-state index contributed by atoms with van der Waals surface area (Å²) in [5.41, 5.74) is 6.23. The second-order valence-electron chi connectivity index (χ2n) is 12.2. The average molecular weight is 725 g/mol. The van der Waals surface area contributed by atoms with Gasteiger partial charge < -0.3 is 35.1 Å². The highest BCUT2D eigenvalue weighted by atomic mass is 32.2. The lowest BCUT2D eigenvalue weighted by atomic mass is 9.91. The summed E-state index contributed by atoms with van der Waals surface area (Å²) in [6.07, 6.45) is -1.19. The molecule has 5 aromatic rings. The SMILES string of the molecule is CCOC(=O)CNC(=O)NCc1cccc(-c2ccc([C@H]3O[C@@H](CSc4nnnn4-c4ccc(O)cc4)[C@@H](C)[C@@H](c4ccc(CO)cc4)O3)cc2)c1. The Balaban J connectivity index is 1.16. The van der Waals surface area contributed by atoms with Gasteiger partial charge in [0.05, 0.1) is 31.1 Å². The van der Waals surface area contributed by atoms with E-state index in [0.717, 1.165) is 39.1 Å². The smallest absolute Gasteiger partial charge is 0.325 e. The van der Waals surface area contributed by atoms with Crippen molar-refractivity contribution >= 4 is 23.8 Å². The third kappa shape index (κ3) is 9.14. The van der Waals surface area contributed by atoms with E-state index in [4.69, 9.17) is 14.2 Å². The first-order chi connectivity index (χ1) is 25.3. The summed E-state index contributed by atoms with van der Waals surface area (Å²) in [6, 6.07) is 29.8. The van der Waals surface area contributed by atoms with Crippen LogP contribution >= 0.6 is 11.8 Å². The molecule has 1 saturated heterocycles. The Morgan fingerprint density at radius 1 is 0.904 bits per heavy atom. The molecular weight excluding hydrogens is 685 g/mol. The molecule has 0 saturated carbocycles. The largest absolute Gasteiger partial charge is 0.508 e. The minimum atomic E-state index is -0.657. The van der Waals surface area contributed by atoms with Crippen molar-refractivity contribution in [2.45, 2.75) is 50.7 Å². The van der Waals surface area contributed by atoms with Crippen LogP contribution in [0.4, 0.5) is 4.79 Å². The number of carbonyl (C=O) groups excluding carboxylic acids is 2. The third-order valence-electron chi connectivity index (χ3n) is 8.63. The Bertz CT molecular complexity index is 1940. The van der Waals surface area contributed by atoms with Crippen molar-refractivity contribution in [2.75, 3.05) is 18.9 Å². The van der Waals surface area contributed by atoms with Gasteiger partial charge in [0, 0.05) is 23.8 Å². The molecule has 0 spiro atoms. The molecule has 14 heteroatoms. The highest BCUT2D eigenvalue weighted by Gasteiger charge is 2.38. The number of thioether (sulfide) groups is 1. The summed E-state index contributed by atoms with van der Waals surface area (Å²) in [6.45, 7) is 4.11. The van der Waals surface area contributed by atoms with Gasteiger partial charge in [0.2, 0.25) is 5.16 Å². The lowest BCUT2D eigenvalue weighted by Crippen LogP contribution is -2.38. The van der Waals surface area contributed by atoms with Gasteiger partial charge in [0.25, 0.3) is 0 Å². The maximum Gasteiger partial charge on any atom is 0.325 e. The first-order valence-electron chi connectivity index (χ1n) is 16.9. The summed E-state index contributed by atoms with van der Waals surface area (Å²) >= 11 is 1.48. The standard InChI is InChI=1S/C38H40N6O7S/c1-3-49-34(47)21-40-37(48)39-20-26-5-4-6-30(19-26)27-11-13-29(14-12-27)36-50-33(24(2)35(51-36)28-9-7-25(22-45)8-10-28)23-52-38-41-42-43-44(38)31-15-17-32(46)18-16-31/h4-19,24,33,35-36,45-46H,3,20-23H2,1-2H3,(H2,39,40,48)/t24-,33+,35+,36+/m1/s1. The molecular formula is C38H40N6O7S. The van der Waals surface area contributed by atoms with E-state index in [1.807, 2.05) is 72.8 Å². The Hall–Kier alpha value is -5.28. The van der Waals surface area contributed by atoms with Gasteiger partial charge in [0.1, 0.15) is 12.3 Å². The van der Waals surface area contributed by atoms with E-state index < -0.39 is 18.3 Å². The number of aliphatic hydroxyl groups excluding tert-OH is 1. The van der Waals surface area contributed by atoms with E-state index in [1.54, 1.807) is 35.9 Å². The van der Waals surface area contributed by atoms with E-state index in [-0.39, 0.29) is 50.2 Å². The quantitative estimate of drug-likeness (QED) is 0.0897. The number of tetrazole rings is 1. The molecule has 2 amide bonds. The number of aliphatic hydroxyl groups is 1. The van der Waals surface area contributed by atoms with Gasteiger partial charge in [-0.25, -0.2) is 4.79 Å². The molecule has 4 N–H and O–H groups in total. The molecule has 0 aliphatic carbocycles. The van der Waals surface area contributed by atoms with E-state index in [9.17, 15) is 19.8 Å². The maximum atomic E-state index is 12.2. The molecule has 1 aliphatic rings. The van der Waals surface area contributed by atoms with Crippen LogP contribution in [-0.4, -0.2) is 67.4 Å². The van der Waals surface area contributed by atoms with Gasteiger partial charge in [-0.2, -0.15) is 4.68 Å². The van der Waals surface area contributed by atoms with Crippen molar-refractivity contribution < 1.29 is 34.0 Å². The van der Waals surface area contributed by atoms with Gasteiger partial charge in [-0.05, 0) is 75.5 Å². The van der Waals surface area contributed by atoms with Crippen molar-refractivity contribution in [2.24, 2.45) is 5.92 Å². The Morgan fingerprint density at radius 3 is 2.38 bits per heavy atom. The van der Waals surface area contributed by atoms with E-state index in [1.165, 1.54) is 11.8 Å². The van der Waals surface area contributed by atoms with Crippen LogP contribution in [0.3, 0.4) is 0 Å². The number of esters is 1. The van der Waals surface area contributed by atoms with Gasteiger partial charge in [-0.3, -0.25) is 4.79 Å². The zero-order valence-electron chi connectivity index (χ0n) is 28.7. The molecule has 1 aromatic heterocycles. The van der Waals surface area contributed by atoms with Crippen molar-refractivity contribution in [1.82, 2.24) is 30.8 Å². The van der Waals surface area contributed by atoms with E-state index in [0.29, 0.717) is 10.9 Å². The molecule has 2 heterocycles. The van der Waals surface area contributed by atoms with Crippen LogP contribution in [0.5, 0.6) is 5.75 Å². The van der Waals surface area contributed by atoms with Crippen LogP contribution in [0.1, 0.15) is 48.5 Å². The number of rotatable bonds is 13. The molecule has 0 radical (unpaired) electrons. The fourth-order valence-corrected chi connectivity index (χ4v) is 6.85. The molecule has 13 nitrogen and oxygen atoms in total. The summed E-state index contributed by atoms with van der Waals surface area (Å²) in [7, 11) is 0. The molecule has 1 aliphatic heterocycles. The van der Waals surface area contributed by atoms with Crippen molar-refractivity contribution in [1.29, 1.82) is 0 Å². The predicted octanol–water partition coefficient (Wildman–Crippen LogP) is 5.47. The first-order valence-corrected chi connectivity index (χ1v) is 17.9. The van der Waals surface area contributed by atoms with Crippen LogP contribution in [-0.2, 0) is 32.2 Å². The fourth-order valence-electron chi connectivity index (χ4n) is 5.79. The lowest BCUT2D eigenvalue weighted by molar-refractivity contribution is -0.268. The van der Waals surface area contributed by atoms with Crippen LogP contribution in [0.15, 0.2) is 102 Å². The Labute approximate surface area is 305 Å². The zero-order valence-corrected chi connectivity index (χ0v) is 29.5. The van der Waals surface area contributed by atoms with Gasteiger partial charge in [-0.15, -0.1) is 5.10 Å². The highest BCUT2D eigenvalue weighted by Crippen LogP contribution is 2.43. The molecule has 4 aromatic carbocycles. The molecule has 52 heavy (non-hydrogen) atoms. The minimum absolute atomic E-state index is 0.0374. The van der Waals surface area contributed by atoms with Gasteiger partial charge in [0.15, 0.2) is 6.29 Å². The van der Waals surface area contributed by atoms with Crippen molar-refractivity contribution in [3.63, 3.8) is 0 Å². The molecule has 6 rings (SSSR count). The topological polar surface area (TPSA) is 170 Å². The highest BCUT2D eigenvalue weighted by molar-refractivity contribution is 7.99. The van der Waals surface area contributed by atoms with Gasteiger partial charge in [-0.1, -0.05) is 85.4 Å². The number of hydrogen-bond acceptors (Lipinski definition) is 11. The second kappa shape index (κ2) is 17.3. The number of nitrogens with zero attached hydrogens (tertiary/aromatic N) is 4. The first kappa shape index (κ1) is 36.5. The molecule has 4 atom stereocenters. The fraction of sp³-hybridized carbons (Fsp3) is 0.289. The summed E-state index contributed by atoms with van der Waals surface area (Å²) < 4.78 is 19.7. The van der Waals surface area contributed by atoms with Gasteiger partial charge >= 0.3 is 12.0 Å². The second-order valence-corrected chi connectivity index (χ2v) is 13.2. The summed E-state index contributed by atoms with van der Waals surface area (Å²) in [4.78, 5) is 23.7. The maximum absolute atomic E-state index is 12.2. The Morgan fingerprint density at radius 2 is 1.65 bits per heavy atom. The molecule has 0 bridgehead atoms. The van der Waals surface area contributed by atoms with E-state index in [2.05, 4.69) is 33.1 Å². The monoisotopic (exact) mass is 724 g/mol. The average Bonchev–Trinajstić information content (AvgIpc) is 3.65. The number of amides is 2. The summed E-state index contributed by atoms with van der Waals surface area (Å²) in [5, 5.41) is 37.4. The zero-order chi connectivity index (χ0) is 36.5. The van der Waals surface area contributed by atoms with Crippen LogP contribution in [0.25, 0.3) is 16.8 Å². The molecule has 0 unspecified atom stereocenters. The number of nitrogens with one attached hydrogen (secondary N) is 2. The number of aromatic hydroxyl groups is 1. The number of phenolic OH excluding ortho intramolecular Hbond substituents is 1. The van der Waals surface area contributed by atoms with Crippen molar-refractivity contribution in [3.8, 4) is 22.6 Å². The predicted molar refractivity (Wildman–Crippen MR) is 193 cm³/mol. The minimum Gasteiger partial charge on any atom is -0.508 e. The number of hydrogen-bond donors (Lipinski definition) is 4. The molecule has 270 valence electrons. The number of carbonyl (C=O) groups is 2. The van der Waals surface area contributed by atoms with Crippen LogP contribution in [0, 0.1) is 5.92 Å². The number of aromatic nitrogens is 4. The molecule has 1 fully saturated rings. The lowest BCUT2D eigenvalue weighted by Gasteiger charge is -2.41.